The zero-order chi connectivity index (χ0) is 11.2. The fourth-order valence-corrected chi connectivity index (χ4v) is 1.55. The fourth-order valence-electron chi connectivity index (χ4n) is 1.55. The lowest BCUT2D eigenvalue weighted by Crippen LogP contribution is -1.90. The molecule has 0 radical (unpaired) electrons. The predicted molar refractivity (Wildman–Crippen MR) is 68.9 cm³/mol. The third-order valence-corrected chi connectivity index (χ3v) is 2.53. The summed E-state index contributed by atoms with van der Waals surface area (Å²) in [5, 5.41) is 0. The molecule has 80 valence electrons. The molecule has 1 atom stereocenters. The average molecular weight is 209 g/mol. The maximum absolute atomic E-state index is 4.54. The van der Waals surface area contributed by atoms with Crippen LogP contribution in [0.15, 0.2) is 65.7 Å². The number of nitrogens with zero attached hydrogens (tertiary/aromatic N) is 1. The van der Waals surface area contributed by atoms with E-state index in [0.29, 0.717) is 0 Å². The summed E-state index contributed by atoms with van der Waals surface area (Å²) in [5.74, 6) is 0. The monoisotopic (exact) mass is 209 g/mol. The highest BCUT2D eigenvalue weighted by molar-refractivity contribution is 5.79. The Balaban J connectivity index is 2.08. The molecule has 2 rings (SSSR count). The lowest BCUT2D eigenvalue weighted by molar-refractivity contribution is 0.825. The Morgan fingerprint density at radius 1 is 0.875 bits per heavy atom. The van der Waals surface area contributed by atoms with Crippen LogP contribution in [0.25, 0.3) is 0 Å². The van der Waals surface area contributed by atoms with Gasteiger partial charge in [-0.05, 0) is 18.1 Å². The Kier molecular flexibility index (Phi) is 3.50. The van der Waals surface area contributed by atoms with Crippen molar-refractivity contribution in [1.82, 2.24) is 0 Å². The van der Waals surface area contributed by atoms with Crippen molar-refractivity contribution in [3.05, 3.63) is 71.8 Å². The molecule has 0 aromatic heterocycles. The van der Waals surface area contributed by atoms with Crippen molar-refractivity contribution in [3.8, 4) is 0 Å². The molecular weight excluding hydrogens is 194 g/mol. The van der Waals surface area contributed by atoms with Crippen molar-refractivity contribution in [2.45, 2.75) is 13.0 Å². The van der Waals surface area contributed by atoms with Gasteiger partial charge in [-0.25, -0.2) is 0 Å². The van der Waals surface area contributed by atoms with Crippen molar-refractivity contribution in [2.75, 3.05) is 0 Å². The summed E-state index contributed by atoms with van der Waals surface area (Å²) < 4.78 is 0. The fraction of sp³-hybridized carbons (Fsp3) is 0.133. The quantitative estimate of drug-likeness (QED) is 0.680. The SMILES string of the molecule is C[C@H](/N=C/c1ccccc1)c1ccccc1. The minimum absolute atomic E-state index is 0.210. The summed E-state index contributed by atoms with van der Waals surface area (Å²) in [5.41, 5.74) is 2.39. The number of aliphatic imine (C=N–C) groups is 1. The van der Waals surface area contributed by atoms with Gasteiger partial charge in [0.2, 0.25) is 0 Å². The maximum Gasteiger partial charge on any atom is 0.0721 e. The molecule has 0 amide bonds. The zero-order valence-corrected chi connectivity index (χ0v) is 9.38. The first-order chi connectivity index (χ1) is 7.86. The van der Waals surface area contributed by atoms with Crippen LogP contribution in [-0.4, -0.2) is 6.21 Å². The molecule has 1 nitrogen and oxygen atoms in total. The average Bonchev–Trinajstić information content (AvgIpc) is 2.38. The molecule has 0 saturated heterocycles. The van der Waals surface area contributed by atoms with Crippen LogP contribution in [0, 0.1) is 0 Å². The van der Waals surface area contributed by atoms with Crippen molar-refractivity contribution in [1.29, 1.82) is 0 Å². The number of hydrogen-bond acceptors (Lipinski definition) is 1. The first kappa shape index (κ1) is 10.6. The summed E-state index contributed by atoms with van der Waals surface area (Å²) in [6, 6.07) is 20.7. The van der Waals surface area contributed by atoms with Crippen molar-refractivity contribution < 1.29 is 0 Å². The van der Waals surface area contributed by atoms with Gasteiger partial charge in [0.15, 0.2) is 0 Å². The molecule has 1 heteroatoms. The molecule has 0 spiro atoms. The van der Waals surface area contributed by atoms with Crippen molar-refractivity contribution in [2.24, 2.45) is 4.99 Å². The van der Waals surface area contributed by atoms with Gasteiger partial charge in [0, 0.05) is 6.21 Å². The standard InChI is InChI=1S/C15H15N/c1-13(15-10-6-3-7-11-15)16-12-14-8-4-2-5-9-14/h2-13H,1H3/b16-12+/t13-/m0/s1. The molecule has 2 aromatic rings. The van der Waals surface area contributed by atoms with Gasteiger partial charge in [0.25, 0.3) is 0 Å². The molecule has 2 aromatic carbocycles. The van der Waals surface area contributed by atoms with Gasteiger partial charge in [-0.15, -0.1) is 0 Å². The van der Waals surface area contributed by atoms with Gasteiger partial charge >= 0.3 is 0 Å². The molecule has 0 unspecified atom stereocenters. The molecule has 0 bridgehead atoms. The van der Waals surface area contributed by atoms with Crippen LogP contribution in [-0.2, 0) is 0 Å². The van der Waals surface area contributed by atoms with Gasteiger partial charge in [-0.1, -0.05) is 60.7 Å². The molecule has 0 aliphatic rings. The highest BCUT2D eigenvalue weighted by Gasteiger charge is 1.99. The van der Waals surface area contributed by atoms with Crippen LogP contribution in [0.5, 0.6) is 0 Å². The van der Waals surface area contributed by atoms with E-state index in [9.17, 15) is 0 Å². The second-order valence-corrected chi connectivity index (χ2v) is 3.78. The van der Waals surface area contributed by atoms with Gasteiger partial charge in [0.1, 0.15) is 0 Å². The first-order valence-corrected chi connectivity index (χ1v) is 5.49. The Morgan fingerprint density at radius 2 is 1.44 bits per heavy atom. The van der Waals surface area contributed by atoms with E-state index in [1.807, 2.05) is 42.6 Å². The van der Waals surface area contributed by atoms with E-state index in [4.69, 9.17) is 0 Å². The van der Waals surface area contributed by atoms with Gasteiger partial charge in [0.05, 0.1) is 6.04 Å². The number of benzene rings is 2. The van der Waals surface area contributed by atoms with E-state index >= 15 is 0 Å². The molecule has 0 fully saturated rings. The van der Waals surface area contributed by atoms with Crippen LogP contribution in [0.4, 0.5) is 0 Å². The topological polar surface area (TPSA) is 12.4 Å². The third kappa shape index (κ3) is 2.80. The van der Waals surface area contributed by atoms with E-state index in [2.05, 4.69) is 36.2 Å². The molecular formula is C15H15N. The summed E-state index contributed by atoms with van der Waals surface area (Å²) in [6.07, 6.45) is 1.93. The lowest BCUT2D eigenvalue weighted by atomic mass is 10.1. The van der Waals surface area contributed by atoms with E-state index in [1.54, 1.807) is 0 Å². The summed E-state index contributed by atoms with van der Waals surface area (Å²) in [4.78, 5) is 4.54. The Hall–Kier alpha value is -1.89. The molecule has 0 heterocycles. The van der Waals surface area contributed by atoms with Crippen molar-refractivity contribution in [3.63, 3.8) is 0 Å². The maximum atomic E-state index is 4.54. The molecule has 0 N–H and O–H groups in total. The normalized spacial score (nSPS) is 12.8. The first-order valence-electron chi connectivity index (χ1n) is 5.49. The summed E-state index contributed by atoms with van der Waals surface area (Å²) in [6.45, 7) is 2.11. The number of hydrogen-bond donors (Lipinski definition) is 0. The molecule has 0 aliphatic carbocycles. The highest BCUT2D eigenvalue weighted by atomic mass is 14.8. The predicted octanol–water partition coefficient (Wildman–Crippen LogP) is 3.87. The van der Waals surface area contributed by atoms with E-state index in [-0.39, 0.29) is 6.04 Å². The second kappa shape index (κ2) is 5.26. The largest absolute Gasteiger partial charge is 0.285 e. The zero-order valence-electron chi connectivity index (χ0n) is 9.38. The Labute approximate surface area is 96.5 Å². The summed E-state index contributed by atoms with van der Waals surface area (Å²) >= 11 is 0. The molecule has 16 heavy (non-hydrogen) atoms. The van der Waals surface area contributed by atoms with Gasteiger partial charge in [-0.3, -0.25) is 4.99 Å². The van der Waals surface area contributed by atoms with Crippen LogP contribution < -0.4 is 0 Å². The van der Waals surface area contributed by atoms with Gasteiger partial charge < -0.3 is 0 Å². The van der Waals surface area contributed by atoms with Crippen LogP contribution in [0.1, 0.15) is 24.1 Å². The van der Waals surface area contributed by atoms with E-state index in [1.165, 1.54) is 5.56 Å². The van der Waals surface area contributed by atoms with Crippen LogP contribution in [0.3, 0.4) is 0 Å². The van der Waals surface area contributed by atoms with Crippen molar-refractivity contribution >= 4 is 6.21 Å². The third-order valence-electron chi connectivity index (χ3n) is 2.53. The smallest absolute Gasteiger partial charge is 0.0721 e. The minimum Gasteiger partial charge on any atom is -0.285 e. The van der Waals surface area contributed by atoms with Crippen LogP contribution >= 0.6 is 0 Å². The number of rotatable bonds is 3. The Morgan fingerprint density at radius 3 is 2.06 bits per heavy atom. The molecule has 0 saturated carbocycles. The highest BCUT2D eigenvalue weighted by Crippen LogP contribution is 2.15. The van der Waals surface area contributed by atoms with E-state index < -0.39 is 0 Å². The summed E-state index contributed by atoms with van der Waals surface area (Å²) in [7, 11) is 0. The second-order valence-electron chi connectivity index (χ2n) is 3.78. The van der Waals surface area contributed by atoms with E-state index in [0.717, 1.165) is 5.56 Å². The minimum atomic E-state index is 0.210. The van der Waals surface area contributed by atoms with Crippen LogP contribution in [0.2, 0.25) is 0 Å². The molecule has 0 aliphatic heterocycles. The lowest BCUT2D eigenvalue weighted by Gasteiger charge is -2.05. The van der Waals surface area contributed by atoms with Gasteiger partial charge in [-0.2, -0.15) is 0 Å². The Bertz CT molecular complexity index is 445.